The summed E-state index contributed by atoms with van der Waals surface area (Å²) in [7, 11) is 1.64. The molecule has 0 saturated carbocycles. The maximum absolute atomic E-state index is 12.2. The predicted octanol–water partition coefficient (Wildman–Crippen LogP) is 1.39. The van der Waals surface area contributed by atoms with E-state index in [-0.39, 0.29) is 17.6 Å². The molecule has 1 fully saturated rings. The number of piperidine rings is 1. The summed E-state index contributed by atoms with van der Waals surface area (Å²) < 4.78 is 5.31. The third kappa shape index (κ3) is 3.96. The van der Waals surface area contributed by atoms with Gasteiger partial charge in [0.15, 0.2) is 0 Å². The minimum atomic E-state index is -0.390. The van der Waals surface area contributed by atoms with E-state index in [0.29, 0.717) is 18.9 Å². The van der Waals surface area contributed by atoms with Crippen LogP contribution in [0, 0.1) is 5.92 Å². The van der Waals surface area contributed by atoms with Crippen LogP contribution in [0.15, 0.2) is 0 Å². The lowest BCUT2D eigenvalue weighted by molar-refractivity contribution is -0.140. The Morgan fingerprint density at radius 2 is 2.18 bits per heavy atom. The van der Waals surface area contributed by atoms with Crippen LogP contribution in [0.3, 0.4) is 0 Å². The van der Waals surface area contributed by atoms with Crippen LogP contribution in [0.1, 0.15) is 40.0 Å². The Morgan fingerprint density at radius 3 is 2.71 bits per heavy atom. The number of likely N-dealkylation sites (tertiary alicyclic amines) is 1. The molecule has 1 aliphatic rings. The van der Waals surface area contributed by atoms with Gasteiger partial charge in [-0.2, -0.15) is 0 Å². The highest BCUT2D eigenvalue weighted by molar-refractivity contribution is 5.77. The summed E-state index contributed by atoms with van der Waals surface area (Å²) in [5.41, 5.74) is 5.38. The Labute approximate surface area is 104 Å². The molecule has 0 bridgehead atoms. The van der Waals surface area contributed by atoms with Gasteiger partial charge < -0.3 is 15.4 Å². The molecule has 2 unspecified atom stereocenters. The number of nitrogens with zero attached hydrogens (tertiary/aromatic N) is 1. The molecule has 4 nitrogen and oxygen atoms in total. The van der Waals surface area contributed by atoms with Gasteiger partial charge in [-0.3, -0.25) is 4.79 Å². The third-order valence-corrected chi connectivity index (χ3v) is 3.70. The number of amides is 1. The van der Waals surface area contributed by atoms with Gasteiger partial charge in [0.05, 0.1) is 12.0 Å². The molecule has 1 rings (SSSR count). The van der Waals surface area contributed by atoms with Crippen LogP contribution >= 0.6 is 0 Å². The van der Waals surface area contributed by atoms with Crippen LogP contribution in [-0.4, -0.2) is 42.6 Å². The Morgan fingerprint density at radius 1 is 1.53 bits per heavy atom. The maximum atomic E-state index is 12.2. The molecule has 2 atom stereocenters. The molecule has 0 aromatic rings. The molecule has 1 heterocycles. The van der Waals surface area contributed by atoms with Gasteiger partial charge in [-0.05, 0) is 32.6 Å². The topological polar surface area (TPSA) is 55.6 Å². The van der Waals surface area contributed by atoms with Crippen molar-refractivity contribution < 1.29 is 9.53 Å². The Hall–Kier alpha value is -0.610. The Balaban J connectivity index is 2.61. The highest BCUT2D eigenvalue weighted by atomic mass is 16.5. The lowest BCUT2D eigenvalue weighted by Gasteiger charge is -2.39. The molecular formula is C13H26N2O2. The van der Waals surface area contributed by atoms with Gasteiger partial charge in [0.2, 0.25) is 5.91 Å². The van der Waals surface area contributed by atoms with Crippen LogP contribution < -0.4 is 5.73 Å². The van der Waals surface area contributed by atoms with Crippen molar-refractivity contribution in [3.05, 3.63) is 0 Å². The number of nitrogens with two attached hydrogens (primary N) is 1. The van der Waals surface area contributed by atoms with Crippen molar-refractivity contribution in [3.63, 3.8) is 0 Å². The fourth-order valence-electron chi connectivity index (χ4n) is 2.34. The van der Waals surface area contributed by atoms with E-state index in [1.54, 1.807) is 7.11 Å². The number of carbonyl (C=O) groups is 1. The number of ether oxygens (including phenoxy) is 1. The van der Waals surface area contributed by atoms with Crippen molar-refractivity contribution in [2.45, 2.75) is 51.7 Å². The first-order valence-electron chi connectivity index (χ1n) is 6.44. The smallest absolute Gasteiger partial charge is 0.225 e. The average molecular weight is 242 g/mol. The van der Waals surface area contributed by atoms with Gasteiger partial charge in [-0.15, -0.1) is 0 Å². The fourth-order valence-corrected chi connectivity index (χ4v) is 2.34. The molecule has 4 heteroatoms. The van der Waals surface area contributed by atoms with Crippen molar-refractivity contribution in [1.82, 2.24) is 4.90 Å². The second kappa shape index (κ2) is 5.83. The number of carbonyl (C=O) groups excluding carboxylic acids is 1. The average Bonchev–Trinajstić information content (AvgIpc) is 2.28. The van der Waals surface area contributed by atoms with E-state index in [1.807, 2.05) is 18.7 Å². The largest absolute Gasteiger partial charge is 0.378 e. The molecule has 0 aromatic carbocycles. The molecular weight excluding hydrogens is 216 g/mol. The van der Waals surface area contributed by atoms with E-state index in [0.717, 1.165) is 19.4 Å². The molecule has 17 heavy (non-hydrogen) atoms. The van der Waals surface area contributed by atoms with E-state index in [1.165, 1.54) is 0 Å². The summed E-state index contributed by atoms with van der Waals surface area (Å²) in [5, 5.41) is 0. The van der Waals surface area contributed by atoms with E-state index in [9.17, 15) is 4.79 Å². The van der Waals surface area contributed by atoms with Crippen LogP contribution in [0.2, 0.25) is 0 Å². The Bertz CT molecular complexity index is 266. The lowest BCUT2D eigenvalue weighted by atomic mass is 9.91. The highest BCUT2D eigenvalue weighted by Gasteiger charge is 2.32. The van der Waals surface area contributed by atoms with Crippen LogP contribution in [0.25, 0.3) is 0 Å². The first kappa shape index (κ1) is 14.5. The van der Waals surface area contributed by atoms with E-state index in [4.69, 9.17) is 10.5 Å². The van der Waals surface area contributed by atoms with E-state index >= 15 is 0 Å². The Kier molecular flexibility index (Phi) is 4.95. The van der Waals surface area contributed by atoms with Gasteiger partial charge in [-0.1, -0.05) is 6.92 Å². The summed E-state index contributed by atoms with van der Waals surface area (Å²) in [4.78, 5) is 14.2. The van der Waals surface area contributed by atoms with Gasteiger partial charge >= 0.3 is 0 Å². The molecule has 0 radical (unpaired) electrons. The number of rotatable bonds is 4. The molecule has 0 aromatic heterocycles. The van der Waals surface area contributed by atoms with E-state index < -0.39 is 0 Å². The van der Waals surface area contributed by atoms with Crippen LogP contribution in [0.5, 0.6) is 0 Å². The minimum Gasteiger partial charge on any atom is -0.378 e. The summed E-state index contributed by atoms with van der Waals surface area (Å²) in [5.74, 6) is 0.835. The van der Waals surface area contributed by atoms with E-state index in [2.05, 4.69) is 6.92 Å². The molecule has 1 amide bonds. The zero-order valence-corrected chi connectivity index (χ0v) is 11.5. The summed E-state index contributed by atoms with van der Waals surface area (Å²) in [6.07, 6.45) is 2.53. The second-order valence-electron chi connectivity index (χ2n) is 5.75. The van der Waals surface area contributed by atoms with Gasteiger partial charge in [-0.25, -0.2) is 0 Å². The maximum Gasteiger partial charge on any atom is 0.225 e. The van der Waals surface area contributed by atoms with Crippen LogP contribution in [-0.2, 0) is 9.53 Å². The molecule has 0 aliphatic carbocycles. The molecule has 2 N–H and O–H groups in total. The molecule has 1 aliphatic heterocycles. The lowest BCUT2D eigenvalue weighted by Crippen LogP contribution is -2.50. The first-order chi connectivity index (χ1) is 7.89. The van der Waals surface area contributed by atoms with Crippen molar-refractivity contribution in [2.75, 3.05) is 20.2 Å². The minimum absolute atomic E-state index is 0.166. The summed E-state index contributed by atoms with van der Waals surface area (Å²) >= 11 is 0. The molecule has 0 spiro atoms. The van der Waals surface area contributed by atoms with Crippen molar-refractivity contribution in [2.24, 2.45) is 11.7 Å². The zero-order chi connectivity index (χ0) is 13.1. The second-order valence-corrected chi connectivity index (χ2v) is 5.75. The summed E-state index contributed by atoms with van der Waals surface area (Å²) in [6.45, 7) is 7.50. The van der Waals surface area contributed by atoms with Gasteiger partial charge in [0.1, 0.15) is 0 Å². The number of methoxy groups -OCH3 is 1. The summed E-state index contributed by atoms with van der Waals surface area (Å²) in [6, 6.07) is 0.207. The highest BCUT2D eigenvalue weighted by Crippen LogP contribution is 2.24. The monoisotopic (exact) mass is 242 g/mol. The number of hydrogen-bond donors (Lipinski definition) is 1. The zero-order valence-electron chi connectivity index (χ0n) is 11.5. The first-order valence-corrected chi connectivity index (χ1v) is 6.44. The van der Waals surface area contributed by atoms with Crippen molar-refractivity contribution in [1.29, 1.82) is 0 Å². The van der Waals surface area contributed by atoms with Crippen LogP contribution in [0.4, 0.5) is 0 Å². The third-order valence-electron chi connectivity index (χ3n) is 3.70. The fraction of sp³-hybridized carbons (Fsp3) is 0.923. The quantitative estimate of drug-likeness (QED) is 0.810. The number of hydrogen-bond acceptors (Lipinski definition) is 3. The van der Waals surface area contributed by atoms with Crippen molar-refractivity contribution in [3.8, 4) is 0 Å². The molecule has 100 valence electrons. The normalized spacial score (nSPS) is 26.1. The molecule has 1 saturated heterocycles. The van der Waals surface area contributed by atoms with Gasteiger partial charge in [0.25, 0.3) is 0 Å². The van der Waals surface area contributed by atoms with Gasteiger partial charge in [0, 0.05) is 26.2 Å². The SMILES string of the molecule is COC(C)(C)CC(=O)N1CCC(C)CC1CN. The van der Waals surface area contributed by atoms with Crippen molar-refractivity contribution >= 4 is 5.91 Å². The predicted molar refractivity (Wildman–Crippen MR) is 68.7 cm³/mol. The standard InChI is InChI=1S/C13H26N2O2/c1-10-5-6-15(11(7-10)9-14)12(16)8-13(2,3)17-4/h10-11H,5-9,14H2,1-4H3.